The third-order valence-corrected chi connectivity index (χ3v) is 4.10. The average Bonchev–Trinajstić information content (AvgIpc) is 2.62. The first-order valence-corrected chi connectivity index (χ1v) is 8.27. The van der Waals surface area contributed by atoms with Gasteiger partial charge in [-0.2, -0.15) is 0 Å². The van der Waals surface area contributed by atoms with Crippen LogP contribution in [0, 0.1) is 0 Å². The highest BCUT2D eigenvalue weighted by Gasteiger charge is 2.11. The molecule has 0 aromatic heterocycles. The summed E-state index contributed by atoms with van der Waals surface area (Å²) in [6.07, 6.45) is 0. The maximum absolute atomic E-state index is 5.62. The molecule has 1 aliphatic heterocycles. The van der Waals surface area contributed by atoms with Crippen molar-refractivity contribution in [2.75, 3.05) is 36.5 Å². The topological polar surface area (TPSA) is 33.7 Å². The molecular formula is C19H24N2O2. The molecule has 1 aliphatic rings. The molecule has 1 heterocycles. The van der Waals surface area contributed by atoms with Crippen molar-refractivity contribution >= 4 is 11.4 Å². The Morgan fingerprint density at radius 1 is 0.913 bits per heavy atom. The Balaban J connectivity index is 1.62. The van der Waals surface area contributed by atoms with Gasteiger partial charge in [0.15, 0.2) is 11.5 Å². The predicted octanol–water partition coefficient (Wildman–Crippen LogP) is 3.92. The Hall–Kier alpha value is -2.36. The summed E-state index contributed by atoms with van der Waals surface area (Å²) in [5.74, 6) is 1.68. The van der Waals surface area contributed by atoms with Gasteiger partial charge in [0.25, 0.3) is 0 Å². The summed E-state index contributed by atoms with van der Waals surface area (Å²) in [5.41, 5.74) is 3.57. The van der Waals surface area contributed by atoms with Gasteiger partial charge in [-0.15, -0.1) is 0 Å². The third kappa shape index (κ3) is 3.70. The number of anilines is 2. The average molecular weight is 312 g/mol. The van der Waals surface area contributed by atoms with E-state index in [0.717, 1.165) is 36.8 Å². The first-order valence-electron chi connectivity index (χ1n) is 8.27. The van der Waals surface area contributed by atoms with Crippen LogP contribution in [0.15, 0.2) is 42.5 Å². The minimum Gasteiger partial charge on any atom is -0.486 e. The van der Waals surface area contributed by atoms with Gasteiger partial charge in [-0.05, 0) is 55.8 Å². The third-order valence-electron chi connectivity index (χ3n) is 4.10. The zero-order chi connectivity index (χ0) is 16.1. The predicted molar refractivity (Wildman–Crippen MR) is 94.8 cm³/mol. The highest BCUT2D eigenvalue weighted by molar-refractivity contribution is 5.55. The molecule has 0 saturated carbocycles. The van der Waals surface area contributed by atoms with E-state index in [1.807, 2.05) is 12.1 Å². The van der Waals surface area contributed by atoms with Crippen molar-refractivity contribution in [3.63, 3.8) is 0 Å². The summed E-state index contributed by atoms with van der Waals surface area (Å²) in [5, 5.41) is 3.46. The first-order chi connectivity index (χ1) is 11.3. The lowest BCUT2D eigenvalue weighted by Gasteiger charge is -2.21. The van der Waals surface area contributed by atoms with Crippen LogP contribution < -0.4 is 19.7 Å². The highest BCUT2D eigenvalue weighted by Crippen LogP contribution is 2.31. The molecule has 0 unspecified atom stereocenters. The number of nitrogens with one attached hydrogen (secondary N) is 1. The fraction of sp³-hybridized carbons (Fsp3) is 0.368. The standard InChI is InChI=1S/C19H24N2O2/c1-3-21(4-2)17-8-6-16(7-9-17)20-14-15-5-10-18-19(13-15)23-12-11-22-18/h5-10,13,20H,3-4,11-12,14H2,1-2H3. The molecule has 0 aliphatic carbocycles. The molecule has 0 atom stereocenters. The molecule has 0 radical (unpaired) electrons. The van der Waals surface area contributed by atoms with E-state index in [1.165, 1.54) is 11.3 Å². The van der Waals surface area contributed by atoms with E-state index in [-0.39, 0.29) is 0 Å². The van der Waals surface area contributed by atoms with Crippen LogP contribution in [0.25, 0.3) is 0 Å². The Labute approximate surface area is 138 Å². The van der Waals surface area contributed by atoms with Crippen LogP contribution in [0.4, 0.5) is 11.4 Å². The Morgan fingerprint density at radius 2 is 1.61 bits per heavy atom. The van der Waals surface area contributed by atoms with Gasteiger partial charge >= 0.3 is 0 Å². The summed E-state index contributed by atoms with van der Waals surface area (Å²) < 4.78 is 11.2. The van der Waals surface area contributed by atoms with Crippen molar-refractivity contribution < 1.29 is 9.47 Å². The Bertz CT molecular complexity index is 636. The summed E-state index contributed by atoms with van der Waals surface area (Å²) in [6, 6.07) is 14.7. The number of rotatable bonds is 6. The van der Waals surface area contributed by atoms with Crippen molar-refractivity contribution in [3.05, 3.63) is 48.0 Å². The van der Waals surface area contributed by atoms with Crippen LogP contribution in [0.5, 0.6) is 11.5 Å². The second-order valence-corrected chi connectivity index (χ2v) is 5.55. The van der Waals surface area contributed by atoms with E-state index in [1.54, 1.807) is 0 Å². The normalized spacial score (nSPS) is 12.8. The van der Waals surface area contributed by atoms with E-state index >= 15 is 0 Å². The minimum absolute atomic E-state index is 0.622. The van der Waals surface area contributed by atoms with E-state index in [4.69, 9.17) is 9.47 Å². The molecule has 4 nitrogen and oxygen atoms in total. The van der Waals surface area contributed by atoms with Gasteiger partial charge in [-0.1, -0.05) is 6.07 Å². The van der Waals surface area contributed by atoms with Crippen molar-refractivity contribution in [1.82, 2.24) is 0 Å². The Morgan fingerprint density at radius 3 is 2.30 bits per heavy atom. The molecule has 23 heavy (non-hydrogen) atoms. The maximum atomic E-state index is 5.62. The van der Waals surface area contributed by atoms with Crippen molar-refractivity contribution in [2.24, 2.45) is 0 Å². The molecule has 3 rings (SSSR count). The monoisotopic (exact) mass is 312 g/mol. The van der Waals surface area contributed by atoms with Crippen molar-refractivity contribution in [1.29, 1.82) is 0 Å². The number of fused-ring (bicyclic) bond motifs is 1. The molecule has 2 aromatic carbocycles. The van der Waals surface area contributed by atoms with Gasteiger partial charge in [0.05, 0.1) is 0 Å². The lowest BCUT2D eigenvalue weighted by molar-refractivity contribution is 0.171. The van der Waals surface area contributed by atoms with Crippen LogP contribution >= 0.6 is 0 Å². The van der Waals surface area contributed by atoms with Gasteiger partial charge in [0.2, 0.25) is 0 Å². The fourth-order valence-corrected chi connectivity index (χ4v) is 2.78. The van der Waals surface area contributed by atoms with E-state index < -0.39 is 0 Å². The molecule has 0 saturated heterocycles. The SMILES string of the molecule is CCN(CC)c1ccc(NCc2ccc3c(c2)OCCO3)cc1. The number of ether oxygens (including phenoxy) is 2. The molecule has 2 aromatic rings. The van der Waals surface area contributed by atoms with Crippen LogP contribution in [0.1, 0.15) is 19.4 Å². The zero-order valence-electron chi connectivity index (χ0n) is 13.8. The molecule has 4 heteroatoms. The Kier molecular flexibility index (Phi) is 4.91. The largest absolute Gasteiger partial charge is 0.486 e. The minimum atomic E-state index is 0.622. The number of nitrogens with zero attached hydrogens (tertiary/aromatic N) is 1. The number of hydrogen-bond donors (Lipinski definition) is 1. The zero-order valence-corrected chi connectivity index (χ0v) is 13.8. The molecule has 0 spiro atoms. The molecule has 122 valence electrons. The van der Waals surface area contributed by atoms with Gasteiger partial charge in [0.1, 0.15) is 13.2 Å². The van der Waals surface area contributed by atoms with Crippen LogP contribution in [-0.4, -0.2) is 26.3 Å². The van der Waals surface area contributed by atoms with E-state index in [9.17, 15) is 0 Å². The van der Waals surface area contributed by atoms with E-state index in [2.05, 4.69) is 54.4 Å². The molecule has 0 amide bonds. The smallest absolute Gasteiger partial charge is 0.161 e. The van der Waals surface area contributed by atoms with Crippen LogP contribution in [0.3, 0.4) is 0 Å². The second kappa shape index (κ2) is 7.27. The summed E-state index contributed by atoms with van der Waals surface area (Å²) >= 11 is 0. The first kappa shape index (κ1) is 15.5. The van der Waals surface area contributed by atoms with Gasteiger partial charge in [-0.3, -0.25) is 0 Å². The molecule has 0 bridgehead atoms. The number of hydrogen-bond acceptors (Lipinski definition) is 4. The van der Waals surface area contributed by atoms with Gasteiger partial charge in [-0.25, -0.2) is 0 Å². The second-order valence-electron chi connectivity index (χ2n) is 5.55. The van der Waals surface area contributed by atoms with Crippen LogP contribution in [-0.2, 0) is 6.54 Å². The van der Waals surface area contributed by atoms with Gasteiger partial charge < -0.3 is 19.7 Å². The van der Waals surface area contributed by atoms with Gasteiger partial charge in [0, 0.05) is 31.0 Å². The summed E-state index contributed by atoms with van der Waals surface area (Å²) in [6.45, 7) is 8.43. The van der Waals surface area contributed by atoms with E-state index in [0.29, 0.717) is 13.2 Å². The maximum Gasteiger partial charge on any atom is 0.161 e. The number of benzene rings is 2. The summed E-state index contributed by atoms with van der Waals surface area (Å²) in [7, 11) is 0. The lowest BCUT2D eigenvalue weighted by Crippen LogP contribution is -2.21. The molecular weight excluding hydrogens is 288 g/mol. The molecule has 0 fully saturated rings. The summed E-state index contributed by atoms with van der Waals surface area (Å²) in [4.78, 5) is 2.34. The van der Waals surface area contributed by atoms with Crippen LogP contribution in [0.2, 0.25) is 0 Å². The molecule has 1 N–H and O–H groups in total. The lowest BCUT2D eigenvalue weighted by atomic mass is 10.2. The highest BCUT2D eigenvalue weighted by atomic mass is 16.6. The fourth-order valence-electron chi connectivity index (χ4n) is 2.78. The van der Waals surface area contributed by atoms with Crippen molar-refractivity contribution in [3.8, 4) is 11.5 Å². The quantitative estimate of drug-likeness (QED) is 0.876. The van der Waals surface area contributed by atoms with Crippen molar-refractivity contribution in [2.45, 2.75) is 20.4 Å².